The van der Waals surface area contributed by atoms with Crippen LogP contribution in [0.2, 0.25) is 5.02 Å². The zero-order chi connectivity index (χ0) is 25.1. The van der Waals surface area contributed by atoms with Crippen molar-refractivity contribution in [1.82, 2.24) is 20.1 Å². The van der Waals surface area contributed by atoms with Crippen LogP contribution < -0.4 is 5.32 Å². The predicted octanol–water partition coefficient (Wildman–Crippen LogP) is 3.95. The van der Waals surface area contributed by atoms with E-state index in [4.69, 9.17) is 11.6 Å². The van der Waals surface area contributed by atoms with Crippen LogP contribution in [-0.2, 0) is 33.8 Å². The Hall–Kier alpha value is -2.92. The van der Waals surface area contributed by atoms with Crippen molar-refractivity contribution in [2.45, 2.75) is 32.0 Å². The minimum atomic E-state index is -4.65. The van der Waals surface area contributed by atoms with Gasteiger partial charge >= 0.3 is 6.18 Å². The minimum Gasteiger partial charge on any atom is -0.350 e. The number of carbonyl (C=O) groups is 1. The van der Waals surface area contributed by atoms with E-state index in [1.807, 2.05) is 0 Å². The third-order valence-electron chi connectivity index (χ3n) is 5.04. The molecule has 0 aliphatic rings. The molecule has 1 N–H and O–H groups in total. The van der Waals surface area contributed by atoms with E-state index in [-0.39, 0.29) is 24.4 Å². The fourth-order valence-electron chi connectivity index (χ4n) is 3.13. The molecular weight excluding hydrogens is 493 g/mol. The van der Waals surface area contributed by atoms with Crippen molar-refractivity contribution >= 4 is 27.3 Å². The van der Waals surface area contributed by atoms with Crippen LogP contribution in [0.4, 0.5) is 13.2 Å². The van der Waals surface area contributed by atoms with Crippen molar-refractivity contribution in [2.24, 2.45) is 0 Å². The summed E-state index contributed by atoms with van der Waals surface area (Å²) in [6.45, 7) is 1.44. The van der Waals surface area contributed by atoms with E-state index < -0.39 is 33.5 Å². The molecule has 0 spiro atoms. The highest BCUT2D eigenvalue weighted by Gasteiger charge is 2.35. The Labute approximate surface area is 199 Å². The molecule has 34 heavy (non-hydrogen) atoms. The lowest BCUT2D eigenvalue weighted by atomic mass is 10.0. The highest BCUT2D eigenvalue weighted by molar-refractivity contribution is 7.90. The molecule has 12 heteroatoms. The minimum absolute atomic E-state index is 0.0321. The number of hydrogen-bond acceptors (Lipinski definition) is 5. The predicted molar refractivity (Wildman–Crippen MR) is 121 cm³/mol. The van der Waals surface area contributed by atoms with E-state index in [1.165, 1.54) is 12.3 Å². The molecule has 1 unspecified atom stereocenters. The topological polar surface area (TPSA) is 94.0 Å². The van der Waals surface area contributed by atoms with E-state index >= 15 is 0 Å². The van der Waals surface area contributed by atoms with E-state index in [2.05, 4.69) is 15.4 Å². The second-order valence-electron chi connectivity index (χ2n) is 7.81. The van der Waals surface area contributed by atoms with Gasteiger partial charge in [0.1, 0.15) is 9.84 Å². The fourth-order valence-corrected chi connectivity index (χ4v) is 3.89. The molecule has 1 atom stereocenters. The Balaban J connectivity index is 1.73. The summed E-state index contributed by atoms with van der Waals surface area (Å²) in [6, 6.07) is 10.4. The molecule has 3 aromatic rings. The van der Waals surface area contributed by atoms with Crippen molar-refractivity contribution in [1.29, 1.82) is 0 Å². The summed E-state index contributed by atoms with van der Waals surface area (Å²) < 4.78 is 63.4. The maximum absolute atomic E-state index is 13.2. The van der Waals surface area contributed by atoms with Crippen molar-refractivity contribution in [3.8, 4) is 5.69 Å². The average molecular weight is 515 g/mol. The number of amides is 1. The van der Waals surface area contributed by atoms with Crippen LogP contribution in [0.25, 0.3) is 5.69 Å². The third kappa shape index (κ3) is 6.80. The van der Waals surface area contributed by atoms with Crippen molar-refractivity contribution in [2.75, 3.05) is 12.0 Å². The Morgan fingerprint density at radius 3 is 2.53 bits per heavy atom. The van der Waals surface area contributed by atoms with Gasteiger partial charge in [-0.2, -0.15) is 18.3 Å². The Morgan fingerprint density at radius 2 is 1.94 bits per heavy atom. The van der Waals surface area contributed by atoms with Crippen molar-refractivity contribution in [3.05, 3.63) is 76.3 Å². The summed E-state index contributed by atoms with van der Waals surface area (Å²) in [5, 5.41) is 6.62. The third-order valence-corrected chi connectivity index (χ3v) is 6.22. The number of benzene rings is 1. The van der Waals surface area contributed by atoms with Gasteiger partial charge in [-0.15, -0.1) is 0 Å². The highest BCUT2D eigenvalue weighted by atomic mass is 35.5. The number of halogens is 4. The number of hydrogen-bond donors (Lipinski definition) is 1. The summed E-state index contributed by atoms with van der Waals surface area (Å²) in [4.78, 5) is 16.9. The van der Waals surface area contributed by atoms with Crippen molar-refractivity contribution < 1.29 is 26.4 Å². The van der Waals surface area contributed by atoms with Gasteiger partial charge in [0.25, 0.3) is 0 Å². The van der Waals surface area contributed by atoms with Crippen LogP contribution >= 0.6 is 11.6 Å². The van der Waals surface area contributed by atoms with Crippen molar-refractivity contribution in [3.63, 3.8) is 0 Å². The fraction of sp³-hybridized carbons (Fsp3) is 0.318. The first-order valence-electron chi connectivity index (χ1n) is 10.2. The second-order valence-corrected chi connectivity index (χ2v) is 10.5. The van der Waals surface area contributed by atoms with E-state index in [9.17, 15) is 26.4 Å². The summed E-state index contributed by atoms with van der Waals surface area (Å²) >= 11 is 5.96. The molecule has 0 radical (unpaired) electrons. The van der Waals surface area contributed by atoms with Crippen LogP contribution in [0.5, 0.6) is 0 Å². The molecule has 182 valence electrons. The molecule has 0 aliphatic heterocycles. The summed E-state index contributed by atoms with van der Waals surface area (Å²) in [6.07, 6.45) is -1.77. The Morgan fingerprint density at radius 1 is 1.21 bits per heavy atom. The Bertz CT molecular complexity index is 1280. The summed E-state index contributed by atoms with van der Waals surface area (Å²) in [5.74, 6) is -1.09. The zero-order valence-electron chi connectivity index (χ0n) is 18.3. The van der Waals surface area contributed by atoms with Gasteiger partial charge in [-0.05, 0) is 42.8 Å². The van der Waals surface area contributed by atoms with Crippen LogP contribution in [0.1, 0.15) is 35.5 Å². The van der Waals surface area contributed by atoms with Gasteiger partial charge in [0.2, 0.25) is 5.91 Å². The molecule has 0 saturated heterocycles. The lowest BCUT2D eigenvalue weighted by molar-refractivity contribution is -0.141. The van der Waals surface area contributed by atoms with Gasteiger partial charge in [0, 0.05) is 29.6 Å². The standard InChI is InChI=1S/C22H22ClF3N4O3S/c1-14(15-6-7-17(27-12-15)8-9-34(2,32)33)21(31)28-13-19-11-20(22(24,25)26)29-30(19)18-5-3-4-16(23)10-18/h3-7,10-12,14H,8-9,13H2,1-2H3,(H,28,31). The lowest BCUT2D eigenvalue weighted by Crippen LogP contribution is -2.28. The van der Waals surface area contributed by atoms with Crippen LogP contribution in [-0.4, -0.2) is 41.1 Å². The number of nitrogens with zero attached hydrogens (tertiary/aromatic N) is 3. The number of carbonyl (C=O) groups excluding carboxylic acids is 1. The molecule has 0 saturated carbocycles. The van der Waals surface area contributed by atoms with Crippen LogP contribution in [0.3, 0.4) is 0 Å². The molecule has 2 aromatic heterocycles. The van der Waals surface area contributed by atoms with E-state index in [1.54, 1.807) is 37.3 Å². The van der Waals surface area contributed by atoms with Gasteiger partial charge in [0.05, 0.1) is 29.6 Å². The van der Waals surface area contributed by atoms with Gasteiger partial charge in [0.15, 0.2) is 5.69 Å². The molecule has 3 rings (SSSR count). The molecule has 0 fully saturated rings. The van der Waals surface area contributed by atoms with Crippen LogP contribution in [0, 0.1) is 0 Å². The lowest BCUT2D eigenvalue weighted by Gasteiger charge is -2.14. The number of nitrogens with one attached hydrogen (secondary N) is 1. The zero-order valence-corrected chi connectivity index (χ0v) is 19.9. The number of sulfone groups is 1. The normalized spacial score (nSPS) is 13.0. The van der Waals surface area contributed by atoms with Gasteiger partial charge in [-0.1, -0.05) is 23.7 Å². The van der Waals surface area contributed by atoms with E-state index in [0.717, 1.165) is 17.0 Å². The molecule has 0 bridgehead atoms. The average Bonchev–Trinajstić information content (AvgIpc) is 3.20. The number of aryl methyl sites for hydroxylation is 1. The van der Waals surface area contributed by atoms with Crippen LogP contribution in [0.15, 0.2) is 48.7 Å². The van der Waals surface area contributed by atoms with Gasteiger partial charge in [-0.3, -0.25) is 9.78 Å². The number of alkyl halides is 3. The summed E-state index contributed by atoms with van der Waals surface area (Å²) in [5.41, 5.74) is 0.532. The molecule has 0 aliphatic carbocycles. The molecule has 1 amide bonds. The Kier molecular flexibility index (Phi) is 7.67. The van der Waals surface area contributed by atoms with E-state index in [0.29, 0.717) is 22.0 Å². The first-order chi connectivity index (χ1) is 15.8. The highest BCUT2D eigenvalue weighted by Crippen LogP contribution is 2.30. The monoisotopic (exact) mass is 514 g/mol. The van der Waals surface area contributed by atoms with Gasteiger partial charge < -0.3 is 5.32 Å². The SMILES string of the molecule is CC(C(=O)NCc1cc(C(F)(F)F)nn1-c1cccc(Cl)c1)c1ccc(CCS(C)(=O)=O)nc1. The maximum atomic E-state index is 13.2. The smallest absolute Gasteiger partial charge is 0.350 e. The first kappa shape index (κ1) is 25.7. The number of rotatable bonds is 8. The quantitative estimate of drug-likeness (QED) is 0.491. The molecular formula is C22H22ClF3N4O3S. The largest absolute Gasteiger partial charge is 0.435 e. The number of pyridine rings is 1. The molecule has 1 aromatic carbocycles. The maximum Gasteiger partial charge on any atom is 0.435 e. The second kappa shape index (κ2) is 10.1. The molecule has 2 heterocycles. The summed E-state index contributed by atoms with van der Waals surface area (Å²) in [7, 11) is -3.12. The molecule has 7 nitrogen and oxygen atoms in total. The first-order valence-corrected chi connectivity index (χ1v) is 12.6. The number of aromatic nitrogens is 3. The van der Waals surface area contributed by atoms with Gasteiger partial charge in [-0.25, -0.2) is 13.1 Å².